The van der Waals surface area contributed by atoms with Crippen LogP contribution in [0.3, 0.4) is 0 Å². The molecule has 0 radical (unpaired) electrons. The Morgan fingerprint density at radius 2 is 0.979 bits per heavy atom. The first-order valence-corrected chi connectivity index (χ1v) is 16.8. The van der Waals surface area contributed by atoms with Crippen molar-refractivity contribution in [2.24, 2.45) is 0 Å². The summed E-state index contributed by atoms with van der Waals surface area (Å²) in [7, 11) is 0. The molecular formula is C46H36FN. The van der Waals surface area contributed by atoms with Crippen molar-refractivity contribution in [1.82, 2.24) is 0 Å². The lowest BCUT2D eigenvalue weighted by atomic mass is 9.81. The van der Waals surface area contributed by atoms with Gasteiger partial charge in [-0.05, 0) is 110 Å². The van der Waals surface area contributed by atoms with E-state index in [0.29, 0.717) is 5.39 Å². The molecule has 7 aromatic rings. The monoisotopic (exact) mass is 621 g/mol. The van der Waals surface area contributed by atoms with Gasteiger partial charge in [0.25, 0.3) is 0 Å². The zero-order valence-electron chi connectivity index (χ0n) is 27.7. The highest BCUT2D eigenvalue weighted by Gasteiger charge is 2.38. The van der Waals surface area contributed by atoms with Gasteiger partial charge in [-0.1, -0.05) is 125 Å². The minimum absolute atomic E-state index is 0.0762. The summed E-state index contributed by atoms with van der Waals surface area (Å²) in [6.07, 6.45) is 0. The number of para-hydroxylation sites is 1. The van der Waals surface area contributed by atoms with Gasteiger partial charge in [0.15, 0.2) is 0 Å². The molecule has 0 aromatic heterocycles. The fourth-order valence-corrected chi connectivity index (χ4v) is 8.38. The molecule has 0 atom stereocenters. The van der Waals surface area contributed by atoms with E-state index in [0.717, 1.165) is 44.7 Å². The molecule has 0 saturated heterocycles. The van der Waals surface area contributed by atoms with Gasteiger partial charge in [-0.15, -0.1) is 0 Å². The predicted octanol–water partition coefficient (Wildman–Crippen LogP) is 12.7. The van der Waals surface area contributed by atoms with E-state index < -0.39 is 0 Å². The third-order valence-corrected chi connectivity index (χ3v) is 10.9. The second-order valence-electron chi connectivity index (χ2n) is 14.3. The predicted molar refractivity (Wildman–Crippen MR) is 199 cm³/mol. The van der Waals surface area contributed by atoms with Gasteiger partial charge in [-0.2, -0.15) is 0 Å². The lowest BCUT2D eigenvalue weighted by molar-refractivity contribution is 0.619. The van der Waals surface area contributed by atoms with E-state index in [4.69, 9.17) is 0 Å². The zero-order chi connectivity index (χ0) is 32.8. The molecule has 232 valence electrons. The Hall–Kier alpha value is -5.47. The largest absolute Gasteiger partial charge is 0.310 e. The number of hydrogen-bond acceptors (Lipinski definition) is 1. The average molecular weight is 622 g/mol. The third-order valence-electron chi connectivity index (χ3n) is 10.9. The minimum atomic E-state index is -0.309. The van der Waals surface area contributed by atoms with Gasteiger partial charge < -0.3 is 4.90 Å². The van der Waals surface area contributed by atoms with Gasteiger partial charge in [0.1, 0.15) is 5.82 Å². The topological polar surface area (TPSA) is 3.24 Å². The van der Waals surface area contributed by atoms with Gasteiger partial charge in [0.05, 0.1) is 0 Å². The molecule has 0 heterocycles. The normalized spacial score (nSPS) is 14.7. The van der Waals surface area contributed by atoms with Crippen molar-refractivity contribution in [3.63, 3.8) is 0 Å². The van der Waals surface area contributed by atoms with Gasteiger partial charge in [0.2, 0.25) is 0 Å². The number of anilines is 3. The Kier molecular flexibility index (Phi) is 6.14. The lowest BCUT2D eigenvalue weighted by Gasteiger charge is -2.28. The molecule has 0 aliphatic heterocycles. The maximum atomic E-state index is 15.3. The van der Waals surface area contributed by atoms with Crippen LogP contribution in [0.2, 0.25) is 0 Å². The second kappa shape index (κ2) is 10.3. The summed E-state index contributed by atoms with van der Waals surface area (Å²) in [6.45, 7) is 9.09. The molecule has 0 bridgehead atoms. The summed E-state index contributed by atoms with van der Waals surface area (Å²) in [6, 6.07) is 51.6. The molecule has 7 aromatic carbocycles. The Morgan fingerprint density at radius 1 is 0.417 bits per heavy atom. The third kappa shape index (κ3) is 4.08. The first kappa shape index (κ1) is 28.7. The number of halogens is 1. The zero-order valence-corrected chi connectivity index (χ0v) is 27.7. The van der Waals surface area contributed by atoms with Crippen molar-refractivity contribution in [2.45, 2.75) is 38.5 Å². The molecular weight excluding hydrogens is 586 g/mol. The lowest BCUT2D eigenvalue weighted by Crippen LogP contribution is -2.16. The second-order valence-corrected chi connectivity index (χ2v) is 14.3. The summed E-state index contributed by atoms with van der Waals surface area (Å²) in [4.78, 5) is 2.35. The molecule has 2 aliphatic rings. The van der Waals surface area contributed by atoms with Crippen LogP contribution in [0.5, 0.6) is 0 Å². The Bertz CT molecular complexity index is 2400. The van der Waals surface area contributed by atoms with Crippen LogP contribution in [0.15, 0.2) is 146 Å². The minimum Gasteiger partial charge on any atom is -0.310 e. The molecule has 48 heavy (non-hydrogen) atoms. The van der Waals surface area contributed by atoms with Gasteiger partial charge in [-0.25, -0.2) is 4.39 Å². The fourth-order valence-electron chi connectivity index (χ4n) is 8.38. The van der Waals surface area contributed by atoms with Crippen LogP contribution in [0.1, 0.15) is 49.9 Å². The smallest absolute Gasteiger partial charge is 0.131 e. The van der Waals surface area contributed by atoms with Crippen molar-refractivity contribution in [2.75, 3.05) is 4.90 Å². The molecule has 0 fully saturated rings. The first-order valence-electron chi connectivity index (χ1n) is 16.8. The van der Waals surface area contributed by atoms with Crippen LogP contribution >= 0.6 is 0 Å². The highest BCUT2D eigenvalue weighted by atomic mass is 19.1. The van der Waals surface area contributed by atoms with Crippen LogP contribution < -0.4 is 4.90 Å². The van der Waals surface area contributed by atoms with E-state index in [2.05, 4.69) is 148 Å². The average Bonchev–Trinajstić information content (AvgIpc) is 3.48. The molecule has 0 spiro atoms. The van der Waals surface area contributed by atoms with E-state index in [-0.39, 0.29) is 16.6 Å². The highest BCUT2D eigenvalue weighted by Crippen LogP contribution is 2.53. The number of hydrogen-bond donors (Lipinski definition) is 0. The van der Waals surface area contributed by atoms with Gasteiger partial charge in [-0.3, -0.25) is 0 Å². The number of fused-ring (bicyclic) bond motifs is 8. The summed E-state index contributed by atoms with van der Waals surface area (Å²) in [5.74, 6) is -0.152. The van der Waals surface area contributed by atoms with Crippen LogP contribution in [0, 0.1) is 5.82 Å². The Morgan fingerprint density at radius 3 is 1.77 bits per heavy atom. The maximum Gasteiger partial charge on any atom is 0.131 e. The van der Waals surface area contributed by atoms with Crippen LogP contribution in [0.4, 0.5) is 21.5 Å². The maximum absolute atomic E-state index is 15.3. The van der Waals surface area contributed by atoms with Gasteiger partial charge >= 0.3 is 0 Å². The SMILES string of the molecule is CC1(C)c2ccccc2-c2ccc(N(c3ccccc3)c3ccc(-c4ccc5c(c4)C(C)(C)c4cc(F)c6ccccc6c4-5)cc3)cc21. The van der Waals surface area contributed by atoms with Crippen molar-refractivity contribution in [3.8, 4) is 33.4 Å². The molecule has 1 nitrogen and oxygen atoms in total. The first-order chi connectivity index (χ1) is 23.2. The van der Waals surface area contributed by atoms with Crippen LogP contribution in [-0.4, -0.2) is 0 Å². The number of benzene rings is 7. The Labute approximate surface area is 282 Å². The van der Waals surface area contributed by atoms with E-state index in [1.54, 1.807) is 6.07 Å². The van der Waals surface area contributed by atoms with Crippen molar-refractivity contribution in [1.29, 1.82) is 0 Å². The number of rotatable bonds is 4. The van der Waals surface area contributed by atoms with E-state index in [9.17, 15) is 0 Å². The summed E-state index contributed by atoms with van der Waals surface area (Å²) >= 11 is 0. The van der Waals surface area contributed by atoms with Crippen LogP contribution in [-0.2, 0) is 10.8 Å². The van der Waals surface area contributed by atoms with Crippen LogP contribution in [0.25, 0.3) is 44.2 Å². The number of nitrogens with zero attached hydrogens (tertiary/aromatic N) is 1. The molecule has 0 N–H and O–H groups in total. The standard InChI is InChI=1S/C46H36FN/c1-45(2)39-17-11-10-14-34(39)35-25-23-33(27-41(35)45)48(31-12-6-5-7-13-31)32-21-18-29(19-22-32)30-20-24-38-40(26-30)46(3,4)42-28-43(47)36-15-8-9-16-37(36)44(38)42/h5-28H,1-4H3. The quantitative estimate of drug-likeness (QED) is 0.189. The Balaban J connectivity index is 1.12. The van der Waals surface area contributed by atoms with Gasteiger partial charge in [0, 0.05) is 33.3 Å². The highest BCUT2D eigenvalue weighted by molar-refractivity contribution is 6.03. The molecule has 2 aliphatic carbocycles. The van der Waals surface area contributed by atoms with E-state index in [1.807, 2.05) is 24.3 Å². The summed E-state index contributed by atoms with van der Waals surface area (Å²) in [5, 5.41) is 1.66. The molecule has 2 heteroatoms. The van der Waals surface area contributed by atoms with Crippen molar-refractivity contribution in [3.05, 3.63) is 174 Å². The van der Waals surface area contributed by atoms with Crippen molar-refractivity contribution >= 4 is 27.8 Å². The fraction of sp³-hybridized carbons (Fsp3) is 0.130. The molecule has 0 amide bonds. The summed E-state index contributed by atoms with van der Waals surface area (Å²) in [5.41, 5.74) is 15.3. The summed E-state index contributed by atoms with van der Waals surface area (Å²) < 4.78 is 15.3. The molecule has 0 saturated carbocycles. The van der Waals surface area contributed by atoms with E-state index in [1.165, 1.54) is 33.4 Å². The molecule has 0 unspecified atom stereocenters. The van der Waals surface area contributed by atoms with Crippen molar-refractivity contribution < 1.29 is 4.39 Å². The molecule has 9 rings (SSSR count). The van der Waals surface area contributed by atoms with E-state index >= 15 is 4.39 Å².